The zero-order valence-corrected chi connectivity index (χ0v) is 11.4. The van der Waals surface area contributed by atoms with E-state index in [1.807, 2.05) is 23.1 Å². The number of nitrogen functional groups attached to an aromatic ring is 1. The molecule has 92 valence electrons. The number of rotatable bonds is 2. The number of likely N-dealkylation sites (tertiary alicyclic amines) is 1. The van der Waals surface area contributed by atoms with Gasteiger partial charge in [-0.2, -0.15) is 0 Å². The Morgan fingerprint density at radius 2 is 2.12 bits per heavy atom. The van der Waals surface area contributed by atoms with Gasteiger partial charge in [0.05, 0.1) is 0 Å². The first-order chi connectivity index (χ1) is 8.16. The van der Waals surface area contributed by atoms with Crippen LogP contribution < -0.4 is 5.73 Å². The van der Waals surface area contributed by atoms with Crippen LogP contribution in [-0.2, 0) is 11.3 Å². The van der Waals surface area contributed by atoms with Gasteiger partial charge in [-0.25, -0.2) is 0 Å². The van der Waals surface area contributed by atoms with E-state index in [1.165, 1.54) is 0 Å². The lowest BCUT2D eigenvalue weighted by Gasteiger charge is -2.21. The molecule has 1 fully saturated rings. The van der Waals surface area contributed by atoms with Crippen LogP contribution in [0.3, 0.4) is 0 Å². The fourth-order valence-electron chi connectivity index (χ4n) is 2.12. The van der Waals surface area contributed by atoms with Crippen molar-refractivity contribution in [2.75, 3.05) is 12.3 Å². The van der Waals surface area contributed by atoms with Crippen molar-refractivity contribution in [2.45, 2.75) is 32.2 Å². The molecule has 1 saturated heterocycles. The first-order valence-corrected chi connectivity index (χ1v) is 6.78. The first-order valence-electron chi connectivity index (χ1n) is 5.98. The third-order valence-corrected chi connectivity index (χ3v) is 3.63. The second-order valence-electron chi connectivity index (χ2n) is 4.47. The van der Waals surface area contributed by atoms with Gasteiger partial charge in [0.1, 0.15) is 0 Å². The molecule has 1 aromatic rings. The monoisotopic (exact) mass is 296 g/mol. The summed E-state index contributed by atoms with van der Waals surface area (Å²) in [6.45, 7) is 1.49. The molecule has 0 atom stereocenters. The van der Waals surface area contributed by atoms with Gasteiger partial charge < -0.3 is 10.6 Å². The van der Waals surface area contributed by atoms with Crippen molar-refractivity contribution in [3.8, 4) is 0 Å². The Balaban J connectivity index is 2.10. The third kappa shape index (κ3) is 3.22. The number of benzene rings is 1. The Hall–Kier alpha value is -1.03. The van der Waals surface area contributed by atoms with E-state index in [9.17, 15) is 4.79 Å². The highest BCUT2D eigenvalue weighted by molar-refractivity contribution is 9.10. The number of hydrogen-bond donors (Lipinski definition) is 1. The van der Waals surface area contributed by atoms with E-state index in [0.717, 1.165) is 41.5 Å². The molecule has 0 aromatic heterocycles. The average Bonchev–Trinajstić information content (AvgIpc) is 2.48. The molecule has 0 unspecified atom stereocenters. The molecular weight excluding hydrogens is 280 g/mol. The van der Waals surface area contributed by atoms with Crippen molar-refractivity contribution >= 4 is 27.5 Å². The first kappa shape index (κ1) is 12.4. The third-order valence-electron chi connectivity index (χ3n) is 3.14. The summed E-state index contributed by atoms with van der Waals surface area (Å²) in [5.74, 6) is 0.254. The predicted molar refractivity (Wildman–Crippen MR) is 72.4 cm³/mol. The second kappa shape index (κ2) is 5.54. The van der Waals surface area contributed by atoms with Crippen molar-refractivity contribution in [1.82, 2.24) is 4.90 Å². The molecule has 0 aliphatic carbocycles. The number of hydrogen-bond acceptors (Lipinski definition) is 2. The van der Waals surface area contributed by atoms with Crippen LogP contribution in [0.2, 0.25) is 0 Å². The summed E-state index contributed by atoms with van der Waals surface area (Å²) in [6, 6.07) is 5.84. The summed E-state index contributed by atoms with van der Waals surface area (Å²) in [6.07, 6.45) is 3.95. The van der Waals surface area contributed by atoms with E-state index in [-0.39, 0.29) is 5.91 Å². The molecule has 0 bridgehead atoms. The highest BCUT2D eigenvalue weighted by Crippen LogP contribution is 2.21. The standard InChI is InChI=1S/C13H17BrN2O/c14-11-6-5-10(12(15)8-11)9-16-7-3-1-2-4-13(16)17/h5-6,8H,1-4,7,9,15H2. The van der Waals surface area contributed by atoms with Crippen molar-refractivity contribution in [3.05, 3.63) is 28.2 Å². The van der Waals surface area contributed by atoms with Crippen molar-refractivity contribution in [1.29, 1.82) is 0 Å². The summed E-state index contributed by atoms with van der Waals surface area (Å²) in [4.78, 5) is 13.8. The molecule has 1 aliphatic rings. The summed E-state index contributed by atoms with van der Waals surface area (Å²) in [7, 11) is 0. The summed E-state index contributed by atoms with van der Waals surface area (Å²) < 4.78 is 0.973. The van der Waals surface area contributed by atoms with Gasteiger partial charge in [-0.3, -0.25) is 4.79 Å². The quantitative estimate of drug-likeness (QED) is 0.853. The van der Waals surface area contributed by atoms with Gasteiger partial charge in [-0.1, -0.05) is 28.4 Å². The van der Waals surface area contributed by atoms with Crippen LogP contribution in [0.1, 0.15) is 31.2 Å². The molecule has 4 heteroatoms. The van der Waals surface area contributed by atoms with Crippen LogP contribution in [0.25, 0.3) is 0 Å². The number of carbonyl (C=O) groups is 1. The Bertz CT molecular complexity index is 420. The zero-order chi connectivity index (χ0) is 12.3. The number of anilines is 1. The molecule has 0 spiro atoms. The van der Waals surface area contributed by atoms with Crippen LogP contribution in [0.4, 0.5) is 5.69 Å². The summed E-state index contributed by atoms with van der Waals surface area (Å²) in [5, 5.41) is 0. The minimum absolute atomic E-state index is 0.254. The fraction of sp³-hybridized carbons (Fsp3) is 0.462. The van der Waals surface area contributed by atoms with Gasteiger partial charge in [-0.05, 0) is 30.5 Å². The van der Waals surface area contributed by atoms with Gasteiger partial charge >= 0.3 is 0 Å². The van der Waals surface area contributed by atoms with E-state index in [1.54, 1.807) is 0 Å². The Kier molecular flexibility index (Phi) is 4.05. The summed E-state index contributed by atoms with van der Waals surface area (Å²) >= 11 is 3.39. The molecule has 1 aliphatic heterocycles. The molecular formula is C13H17BrN2O. The highest BCUT2D eigenvalue weighted by Gasteiger charge is 2.17. The summed E-state index contributed by atoms with van der Waals surface area (Å²) in [5.41, 5.74) is 7.73. The molecule has 2 rings (SSSR count). The van der Waals surface area contributed by atoms with Gasteiger partial charge in [0, 0.05) is 29.7 Å². The lowest BCUT2D eigenvalue weighted by Crippen LogP contribution is -2.29. The lowest BCUT2D eigenvalue weighted by molar-refractivity contribution is -0.131. The molecule has 0 radical (unpaired) electrons. The van der Waals surface area contributed by atoms with Gasteiger partial charge in [-0.15, -0.1) is 0 Å². The number of amides is 1. The van der Waals surface area contributed by atoms with Crippen molar-refractivity contribution in [2.24, 2.45) is 0 Å². The van der Waals surface area contributed by atoms with Crippen LogP contribution in [0, 0.1) is 0 Å². The molecule has 3 nitrogen and oxygen atoms in total. The Morgan fingerprint density at radius 1 is 1.29 bits per heavy atom. The number of nitrogens with zero attached hydrogens (tertiary/aromatic N) is 1. The molecule has 1 amide bonds. The van der Waals surface area contributed by atoms with E-state index < -0.39 is 0 Å². The number of carbonyl (C=O) groups excluding carboxylic acids is 1. The van der Waals surface area contributed by atoms with Crippen LogP contribution in [0.15, 0.2) is 22.7 Å². The maximum atomic E-state index is 11.9. The highest BCUT2D eigenvalue weighted by atomic mass is 79.9. The van der Waals surface area contributed by atoms with Gasteiger partial charge in [0.25, 0.3) is 0 Å². The molecule has 1 aromatic carbocycles. The van der Waals surface area contributed by atoms with E-state index >= 15 is 0 Å². The largest absolute Gasteiger partial charge is 0.398 e. The van der Waals surface area contributed by atoms with Crippen molar-refractivity contribution in [3.63, 3.8) is 0 Å². The predicted octanol–water partition coefficient (Wildman–Crippen LogP) is 2.93. The fourth-order valence-corrected chi connectivity index (χ4v) is 2.50. The minimum atomic E-state index is 0.254. The van der Waals surface area contributed by atoms with Gasteiger partial charge in [0.15, 0.2) is 0 Å². The zero-order valence-electron chi connectivity index (χ0n) is 9.79. The SMILES string of the molecule is Nc1cc(Br)ccc1CN1CCCCCC1=O. The Morgan fingerprint density at radius 3 is 2.88 bits per heavy atom. The Labute approximate surface area is 110 Å². The smallest absolute Gasteiger partial charge is 0.222 e. The van der Waals surface area contributed by atoms with Gasteiger partial charge in [0.2, 0.25) is 5.91 Å². The number of halogens is 1. The molecule has 1 heterocycles. The molecule has 0 saturated carbocycles. The maximum Gasteiger partial charge on any atom is 0.222 e. The second-order valence-corrected chi connectivity index (χ2v) is 5.38. The topological polar surface area (TPSA) is 46.3 Å². The maximum absolute atomic E-state index is 11.9. The van der Waals surface area contributed by atoms with E-state index in [2.05, 4.69) is 15.9 Å². The average molecular weight is 297 g/mol. The van der Waals surface area contributed by atoms with Crippen molar-refractivity contribution < 1.29 is 4.79 Å². The van der Waals surface area contributed by atoms with Crippen LogP contribution in [-0.4, -0.2) is 17.4 Å². The van der Waals surface area contributed by atoms with E-state index in [4.69, 9.17) is 5.73 Å². The minimum Gasteiger partial charge on any atom is -0.398 e. The molecule has 2 N–H and O–H groups in total. The molecule has 17 heavy (non-hydrogen) atoms. The number of nitrogens with two attached hydrogens (primary N) is 1. The lowest BCUT2D eigenvalue weighted by atomic mass is 10.1. The van der Waals surface area contributed by atoms with Crippen LogP contribution >= 0.6 is 15.9 Å². The normalized spacial score (nSPS) is 17.0. The van der Waals surface area contributed by atoms with E-state index in [0.29, 0.717) is 13.0 Å². The van der Waals surface area contributed by atoms with Crippen LogP contribution in [0.5, 0.6) is 0 Å².